The Morgan fingerprint density at radius 3 is 2.04 bits per heavy atom. The molecule has 2 aromatic carbocycles. The quantitative estimate of drug-likeness (QED) is 0.708. The van der Waals surface area contributed by atoms with Gasteiger partial charge in [0.1, 0.15) is 11.4 Å². The van der Waals surface area contributed by atoms with E-state index in [0.29, 0.717) is 19.1 Å². The molecule has 0 aliphatic heterocycles. The first-order valence-corrected chi connectivity index (χ1v) is 7.47. The van der Waals surface area contributed by atoms with Gasteiger partial charge in [0, 0.05) is 24.8 Å². The van der Waals surface area contributed by atoms with Crippen molar-refractivity contribution in [1.29, 1.82) is 0 Å². The molecule has 5 nitrogen and oxygen atoms in total. The van der Waals surface area contributed by atoms with Gasteiger partial charge in [0.15, 0.2) is 0 Å². The van der Waals surface area contributed by atoms with Gasteiger partial charge in [0.05, 0.1) is 6.61 Å². The molecule has 0 atom stereocenters. The molecule has 0 spiro atoms. The summed E-state index contributed by atoms with van der Waals surface area (Å²) in [4.78, 5) is 4.65. The monoisotopic (exact) mass is 306 g/mol. The molecule has 3 aromatic rings. The molecule has 0 saturated heterocycles. The van der Waals surface area contributed by atoms with Crippen molar-refractivity contribution in [3.05, 3.63) is 60.7 Å². The number of nitrogens with zero attached hydrogens (tertiary/aromatic N) is 3. The molecule has 0 unspecified atom stereocenters. The van der Waals surface area contributed by atoms with Crippen LogP contribution < -0.4 is 5.32 Å². The van der Waals surface area contributed by atoms with Crippen LogP contribution in [0.5, 0.6) is 0 Å². The topological polar surface area (TPSA) is 59.9 Å². The van der Waals surface area contributed by atoms with E-state index in [9.17, 15) is 0 Å². The van der Waals surface area contributed by atoms with Crippen molar-refractivity contribution in [3.8, 4) is 22.5 Å². The summed E-state index contributed by atoms with van der Waals surface area (Å²) in [6.45, 7) is 1.22. The summed E-state index contributed by atoms with van der Waals surface area (Å²) in [5.74, 6) is 0.501. The molecule has 0 radical (unpaired) electrons. The van der Waals surface area contributed by atoms with Crippen LogP contribution in [0.15, 0.2) is 60.7 Å². The standard InChI is InChI=1S/C18H18N4O/c1-23-13-12-19-18-20-16(14-8-4-2-5-9-14)17(21-22-18)15-10-6-3-7-11-15/h2-11H,12-13H2,1H3,(H,19,20,22). The third-order valence-electron chi connectivity index (χ3n) is 3.37. The van der Waals surface area contributed by atoms with Gasteiger partial charge in [0.2, 0.25) is 5.95 Å². The fourth-order valence-corrected chi connectivity index (χ4v) is 2.25. The second kappa shape index (κ2) is 7.47. The molecule has 5 heteroatoms. The molecular formula is C18H18N4O. The lowest BCUT2D eigenvalue weighted by atomic mass is 10.0. The van der Waals surface area contributed by atoms with Gasteiger partial charge < -0.3 is 10.1 Å². The maximum absolute atomic E-state index is 5.03. The Kier molecular flexibility index (Phi) is 4.91. The molecule has 0 amide bonds. The summed E-state index contributed by atoms with van der Waals surface area (Å²) in [7, 11) is 1.66. The van der Waals surface area contributed by atoms with Gasteiger partial charge in [-0.05, 0) is 0 Å². The van der Waals surface area contributed by atoms with Crippen LogP contribution in [-0.4, -0.2) is 35.4 Å². The molecule has 1 heterocycles. The van der Waals surface area contributed by atoms with E-state index in [-0.39, 0.29) is 0 Å². The highest BCUT2D eigenvalue weighted by Gasteiger charge is 2.13. The van der Waals surface area contributed by atoms with Crippen LogP contribution in [0.1, 0.15) is 0 Å². The highest BCUT2D eigenvalue weighted by atomic mass is 16.5. The second-order valence-corrected chi connectivity index (χ2v) is 4.98. The zero-order valence-corrected chi connectivity index (χ0v) is 12.9. The van der Waals surface area contributed by atoms with E-state index in [1.54, 1.807) is 7.11 Å². The molecule has 1 N–H and O–H groups in total. The Morgan fingerprint density at radius 1 is 0.826 bits per heavy atom. The molecular weight excluding hydrogens is 288 g/mol. The number of methoxy groups -OCH3 is 1. The van der Waals surface area contributed by atoms with Crippen LogP contribution in [0, 0.1) is 0 Å². The van der Waals surface area contributed by atoms with Crippen molar-refractivity contribution in [2.45, 2.75) is 0 Å². The number of anilines is 1. The third kappa shape index (κ3) is 3.70. The highest BCUT2D eigenvalue weighted by molar-refractivity contribution is 5.77. The van der Waals surface area contributed by atoms with Crippen LogP contribution >= 0.6 is 0 Å². The number of rotatable bonds is 6. The minimum absolute atomic E-state index is 0.501. The summed E-state index contributed by atoms with van der Waals surface area (Å²) in [5.41, 5.74) is 3.59. The smallest absolute Gasteiger partial charge is 0.243 e. The fourth-order valence-electron chi connectivity index (χ4n) is 2.25. The minimum atomic E-state index is 0.501. The molecule has 0 saturated carbocycles. The molecule has 1 aromatic heterocycles. The Morgan fingerprint density at radius 2 is 1.43 bits per heavy atom. The van der Waals surface area contributed by atoms with Gasteiger partial charge in [-0.2, -0.15) is 0 Å². The summed E-state index contributed by atoms with van der Waals surface area (Å²) in [5, 5.41) is 11.7. The van der Waals surface area contributed by atoms with Gasteiger partial charge in [-0.3, -0.25) is 0 Å². The fraction of sp³-hybridized carbons (Fsp3) is 0.167. The normalized spacial score (nSPS) is 10.5. The minimum Gasteiger partial charge on any atom is -0.383 e. The van der Waals surface area contributed by atoms with Crippen LogP contribution in [0.2, 0.25) is 0 Å². The average Bonchev–Trinajstić information content (AvgIpc) is 2.63. The molecule has 0 bridgehead atoms. The van der Waals surface area contributed by atoms with E-state index >= 15 is 0 Å². The Labute approximate surface area is 135 Å². The average molecular weight is 306 g/mol. The number of hydrogen-bond donors (Lipinski definition) is 1. The zero-order valence-electron chi connectivity index (χ0n) is 12.9. The Bertz CT molecular complexity index is 747. The SMILES string of the molecule is COCCNc1nnc(-c2ccccc2)c(-c2ccccc2)n1. The molecule has 0 aliphatic carbocycles. The Balaban J connectivity index is 2.02. The predicted octanol–water partition coefficient (Wildman–Crippen LogP) is 3.26. The van der Waals surface area contributed by atoms with Crippen molar-refractivity contribution in [1.82, 2.24) is 15.2 Å². The van der Waals surface area contributed by atoms with Gasteiger partial charge >= 0.3 is 0 Å². The van der Waals surface area contributed by atoms with E-state index in [0.717, 1.165) is 22.5 Å². The van der Waals surface area contributed by atoms with Crippen molar-refractivity contribution in [2.24, 2.45) is 0 Å². The summed E-state index contributed by atoms with van der Waals surface area (Å²) in [6, 6.07) is 20.0. The van der Waals surface area contributed by atoms with E-state index in [4.69, 9.17) is 4.74 Å². The maximum atomic E-state index is 5.03. The molecule has 23 heavy (non-hydrogen) atoms. The first kappa shape index (κ1) is 15.1. The summed E-state index contributed by atoms with van der Waals surface area (Å²) in [6.07, 6.45) is 0. The number of aromatic nitrogens is 3. The first-order chi connectivity index (χ1) is 11.4. The summed E-state index contributed by atoms with van der Waals surface area (Å²) >= 11 is 0. The number of ether oxygens (including phenoxy) is 1. The largest absolute Gasteiger partial charge is 0.383 e. The van der Waals surface area contributed by atoms with Gasteiger partial charge in [0.25, 0.3) is 0 Å². The van der Waals surface area contributed by atoms with E-state index < -0.39 is 0 Å². The first-order valence-electron chi connectivity index (χ1n) is 7.47. The predicted molar refractivity (Wildman–Crippen MR) is 91.1 cm³/mol. The van der Waals surface area contributed by atoms with Crippen molar-refractivity contribution >= 4 is 5.95 Å². The summed E-state index contributed by atoms with van der Waals surface area (Å²) < 4.78 is 5.03. The van der Waals surface area contributed by atoms with E-state index in [1.165, 1.54) is 0 Å². The maximum Gasteiger partial charge on any atom is 0.243 e. The van der Waals surface area contributed by atoms with E-state index in [1.807, 2.05) is 60.7 Å². The van der Waals surface area contributed by atoms with Crippen LogP contribution in [0.25, 0.3) is 22.5 Å². The van der Waals surface area contributed by atoms with Crippen molar-refractivity contribution in [3.63, 3.8) is 0 Å². The molecule has 116 valence electrons. The number of hydrogen-bond acceptors (Lipinski definition) is 5. The van der Waals surface area contributed by atoms with Gasteiger partial charge in [-0.15, -0.1) is 10.2 Å². The highest BCUT2D eigenvalue weighted by Crippen LogP contribution is 2.28. The number of benzene rings is 2. The Hall–Kier alpha value is -2.79. The number of nitrogens with one attached hydrogen (secondary N) is 1. The zero-order chi connectivity index (χ0) is 15.9. The van der Waals surface area contributed by atoms with Gasteiger partial charge in [-0.1, -0.05) is 60.7 Å². The lowest BCUT2D eigenvalue weighted by molar-refractivity contribution is 0.210. The third-order valence-corrected chi connectivity index (χ3v) is 3.37. The molecule has 0 aliphatic rings. The lowest BCUT2D eigenvalue weighted by Crippen LogP contribution is -2.11. The molecule has 3 rings (SSSR count). The lowest BCUT2D eigenvalue weighted by Gasteiger charge is -2.10. The van der Waals surface area contributed by atoms with Gasteiger partial charge in [-0.25, -0.2) is 4.98 Å². The van der Waals surface area contributed by atoms with Crippen LogP contribution in [0.3, 0.4) is 0 Å². The van der Waals surface area contributed by atoms with Crippen molar-refractivity contribution in [2.75, 3.05) is 25.6 Å². The molecule has 0 fully saturated rings. The van der Waals surface area contributed by atoms with Crippen LogP contribution in [-0.2, 0) is 4.74 Å². The van der Waals surface area contributed by atoms with Crippen LogP contribution in [0.4, 0.5) is 5.95 Å². The second-order valence-electron chi connectivity index (χ2n) is 4.98. The van der Waals surface area contributed by atoms with Crippen molar-refractivity contribution < 1.29 is 4.74 Å². The van der Waals surface area contributed by atoms with E-state index in [2.05, 4.69) is 20.5 Å².